The Hall–Kier alpha value is -3.15. The first-order chi connectivity index (χ1) is 13.1. The number of nitrogens with one attached hydrogen (secondary N) is 1. The van der Waals surface area contributed by atoms with Crippen molar-refractivity contribution in [1.82, 2.24) is 14.9 Å². The third kappa shape index (κ3) is 3.43. The molecule has 1 saturated carbocycles. The maximum Gasteiger partial charge on any atom is 0.272 e. The number of carbonyl (C=O) groups excluding carboxylic acids is 2. The molecule has 3 aromatic rings. The highest BCUT2D eigenvalue weighted by atomic mass is 16.2. The molecule has 2 heterocycles. The molecule has 0 atom stereocenters. The molecule has 1 aromatic carbocycles. The summed E-state index contributed by atoms with van der Waals surface area (Å²) in [5.74, 6) is -0.689. The number of benzene rings is 1. The van der Waals surface area contributed by atoms with Gasteiger partial charge in [0.05, 0.1) is 0 Å². The van der Waals surface area contributed by atoms with Crippen LogP contribution in [0.1, 0.15) is 51.9 Å². The topological polar surface area (TPSA) is 92.1 Å². The van der Waals surface area contributed by atoms with Gasteiger partial charge in [-0.05, 0) is 49.6 Å². The second-order valence-electron chi connectivity index (χ2n) is 6.95. The van der Waals surface area contributed by atoms with E-state index >= 15 is 0 Å². The van der Waals surface area contributed by atoms with Gasteiger partial charge in [0.15, 0.2) is 0 Å². The molecule has 1 fully saturated rings. The van der Waals surface area contributed by atoms with Gasteiger partial charge in [0.1, 0.15) is 5.69 Å². The minimum absolute atomic E-state index is 0.135. The van der Waals surface area contributed by atoms with Gasteiger partial charge in [0, 0.05) is 47.4 Å². The van der Waals surface area contributed by atoms with Crippen molar-refractivity contribution >= 4 is 22.7 Å². The van der Waals surface area contributed by atoms with Crippen molar-refractivity contribution in [1.29, 1.82) is 0 Å². The van der Waals surface area contributed by atoms with Crippen LogP contribution in [0.5, 0.6) is 0 Å². The quantitative estimate of drug-likeness (QED) is 0.706. The maximum absolute atomic E-state index is 12.9. The summed E-state index contributed by atoms with van der Waals surface area (Å²) in [6.07, 6.45) is 4.46. The molecule has 3 N–H and O–H groups in total. The van der Waals surface area contributed by atoms with E-state index in [0.29, 0.717) is 30.3 Å². The highest BCUT2D eigenvalue weighted by molar-refractivity contribution is 5.98. The van der Waals surface area contributed by atoms with E-state index in [0.717, 1.165) is 29.3 Å². The fourth-order valence-electron chi connectivity index (χ4n) is 3.53. The lowest BCUT2D eigenvalue weighted by Gasteiger charge is -2.20. The second-order valence-corrected chi connectivity index (χ2v) is 6.95. The van der Waals surface area contributed by atoms with Gasteiger partial charge in [0.2, 0.25) is 5.91 Å². The fourth-order valence-corrected chi connectivity index (χ4v) is 3.53. The smallest absolute Gasteiger partial charge is 0.272 e. The molecule has 6 heteroatoms. The van der Waals surface area contributed by atoms with Gasteiger partial charge >= 0.3 is 0 Å². The van der Waals surface area contributed by atoms with Crippen LogP contribution < -0.4 is 5.73 Å². The van der Waals surface area contributed by atoms with Crippen molar-refractivity contribution in [3.63, 3.8) is 0 Å². The molecule has 138 valence electrons. The highest BCUT2D eigenvalue weighted by Gasteiger charge is 2.32. The monoisotopic (exact) mass is 362 g/mol. The van der Waals surface area contributed by atoms with Gasteiger partial charge in [-0.15, -0.1) is 0 Å². The Bertz CT molecular complexity index is 1020. The lowest BCUT2D eigenvalue weighted by Crippen LogP contribution is -2.33. The van der Waals surface area contributed by atoms with Gasteiger partial charge < -0.3 is 15.6 Å². The molecule has 0 unspecified atom stereocenters. The molecule has 1 aliphatic carbocycles. The SMILES string of the molecule is CCN(C(=O)c1cc(C(N)=O)cc(Cc2cccc3[nH]ccc23)n1)C1CC1. The number of nitrogens with two attached hydrogens (primary N) is 1. The second kappa shape index (κ2) is 6.87. The minimum atomic E-state index is -0.554. The van der Waals surface area contributed by atoms with Crippen LogP contribution in [-0.4, -0.2) is 39.3 Å². The van der Waals surface area contributed by atoms with Gasteiger partial charge in [-0.3, -0.25) is 9.59 Å². The summed E-state index contributed by atoms with van der Waals surface area (Å²) in [7, 11) is 0. The zero-order valence-electron chi connectivity index (χ0n) is 15.2. The third-order valence-electron chi connectivity index (χ3n) is 5.03. The van der Waals surface area contributed by atoms with Crippen LogP contribution in [0.25, 0.3) is 10.9 Å². The van der Waals surface area contributed by atoms with E-state index in [-0.39, 0.29) is 11.6 Å². The molecule has 0 bridgehead atoms. The summed E-state index contributed by atoms with van der Waals surface area (Å²) < 4.78 is 0. The molecule has 1 aliphatic rings. The van der Waals surface area contributed by atoms with Crippen LogP contribution in [0, 0.1) is 0 Å². The number of aromatic amines is 1. The summed E-state index contributed by atoms with van der Waals surface area (Å²) in [4.78, 5) is 34.3. The van der Waals surface area contributed by atoms with E-state index in [1.54, 1.807) is 6.07 Å². The number of hydrogen-bond donors (Lipinski definition) is 2. The van der Waals surface area contributed by atoms with Crippen LogP contribution >= 0.6 is 0 Å². The van der Waals surface area contributed by atoms with Crippen LogP contribution in [0.4, 0.5) is 0 Å². The predicted molar refractivity (Wildman–Crippen MR) is 104 cm³/mol. The summed E-state index contributed by atoms with van der Waals surface area (Å²) in [6.45, 7) is 2.59. The molecule has 2 aromatic heterocycles. The molecule has 0 spiro atoms. The average molecular weight is 362 g/mol. The Morgan fingerprint density at radius 2 is 2.07 bits per heavy atom. The Morgan fingerprint density at radius 1 is 1.26 bits per heavy atom. The lowest BCUT2D eigenvalue weighted by atomic mass is 10.0. The van der Waals surface area contributed by atoms with Crippen LogP contribution in [0.2, 0.25) is 0 Å². The largest absolute Gasteiger partial charge is 0.366 e. The van der Waals surface area contributed by atoms with E-state index in [2.05, 4.69) is 9.97 Å². The third-order valence-corrected chi connectivity index (χ3v) is 5.03. The number of fused-ring (bicyclic) bond motifs is 1. The van der Waals surface area contributed by atoms with Crippen molar-refractivity contribution in [3.05, 3.63) is 65.1 Å². The number of pyridine rings is 1. The Balaban J connectivity index is 1.72. The number of amides is 2. The van der Waals surface area contributed by atoms with Gasteiger partial charge in [-0.25, -0.2) is 4.98 Å². The molecular formula is C21H22N4O2. The van der Waals surface area contributed by atoms with E-state index < -0.39 is 5.91 Å². The van der Waals surface area contributed by atoms with E-state index in [4.69, 9.17) is 5.73 Å². The number of primary amides is 1. The number of carbonyl (C=O) groups is 2. The van der Waals surface area contributed by atoms with Crippen molar-refractivity contribution in [2.24, 2.45) is 5.73 Å². The molecular weight excluding hydrogens is 340 g/mol. The fraction of sp³-hybridized carbons (Fsp3) is 0.286. The molecule has 6 nitrogen and oxygen atoms in total. The van der Waals surface area contributed by atoms with E-state index in [1.165, 1.54) is 6.07 Å². The molecule has 27 heavy (non-hydrogen) atoms. The number of aromatic nitrogens is 2. The standard InChI is InChI=1S/C21H22N4O2/c1-2-25(16-6-7-16)21(27)19-12-14(20(22)26)11-15(24-19)10-13-4-3-5-18-17(13)8-9-23-18/h3-5,8-9,11-12,16,23H,2,6-7,10H2,1H3,(H2,22,26). The zero-order valence-corrected chi connectivity index (χ0v) is 15.2. The van der Waals surface area contributed by atoms with Gasteiger partial charge in [-0.1, -0.05) is 12.1 Å². The van der Waals surface area contributed by atoms with Crippen LogP contribution in [0.3, 0.4) is 0 Å². The normalized spacial score (nSPS) is 13.7. The molecule has 2 amide bonds. The number of rotatable bonds is 6. The Kier molecular flexibility index (Phi) is 4.39. The summed E-state index contributed by atoms with van der Waals surface area (Å²) in [6, 6.07) is 11.5. The lowest BCUT2D eigenvalue weighted by molar-refractivity contribution is 0.0746. The van der Waals surface area contributed by atoms with Gasteiger partial charge in [-0.2, -0.15) is 0 Å². The van der Waals surface area contributed by atoms with Gasteiger partial charge in [0.25, 0.3) is 5.91 Å². The first-order valence-electron chi connectivity index (χ1n) is 9.23. The van der Waals surface area contributed by atoms with E-state index in [1.807, 2.05) is 42.3 Å². The van der Waals surface area contributed by atoms with Crippen LogP contribution in [0.15, 0.2) is 42.6 Å². The van der Waals surface area contributed by atoms with Crippen molar-refractivity contribution in [2.75, 3.05) is 6.54 Å². The summed E-state index contributed by atoms with van der Waals surface area (Å²) >= 11 is 0. The van der Waals surface area contributed by atoms with Crippen molar-refractivity contribution < 1.29 is 9.59 Å². The van der Waals surface area contributed by atoms with Crippen LogP contribution in [-0.2, 0) is 6.42 Å². The highest BCUT2D eigenvalue weighted by Crippen LogP contribution is 2.28. The zero-order chi connectivity index (χ0) is 19.0. The Labute approximate surface area is 157 Å². The Morgan fingerprint density at radius 3 is 2.78 bits per heavy atom. The summed E-state index contributed by atoms with van der Waals surface area (Å²) in [5, 5.41) is 1.10. The predicted octanol–water partition coefficient (Wildman–Crippen LogP) is 2.88. The maximum atomic E-state index is 12.9. The summed E-state index contributed by atoms with van der Waals surface area (Å²) in [5.41, 5.74) is 8.89. The number of nitrogens with zero attached hydrogens (tertiary/aromatic N) is 2. The number of H-pyrrole nitrogens is 1. The first-order valence-corrected chi connectivity index (χ1v) is 9.23. The first kappa shape index (κ1) is 17.3. The van der Waals surface area contributed by atoms with Crippen molar-refractivity contribution in [2.45, 2.75) is 32.2 Å². The minimum Gasteiger partial charge on any atom is -0.366 e. The van der Waals surface area contributed by atoms with E-state index in [9.17, 15) is 9.59 Å². The molecule has 0 aliphatic heterocycles. The number of hydrogen-bond acceptors (Lipinski definition) is 3. The average Bonchev–Trinajstić information content (AvgIpc) is 3.37. The molecule has 0 saturated heterocycles. The molecule has 4 rings (SSSR count). The van der Waals surface area contributed by atoms with Crippen molar-refractivity contribution in [3.8, 4) is 0 Å². The molecule has 0 radical (unpaired) electrons.